The van der Waals surface area contributed by atoms with Crippen molar-refractivity contribution < 1.29 is 72.4 Å². The summed E-state index contributed by atoms with van der Waals surface area (Å²) in [5.74, 6) is 0. The van der Waals surface area contributed by atoms with Crippen LogP contribution in [0.4, 0.5) is 0 Å². The van der Waals surface area contributed by atoms with Crippen molar-refractivity contribution in [1.29, 1.82) is 0 Å². The number of hydrogen-bond acceptors (Lipinski definition) is 13. The van der Waals surface area contributed by atoms with Crippen LogP contribution in [0.25, 0.3) is 0 Å². The standard InChI is InChI=1S/C12H24O15P2/c1-4-7(14)9(16)6(24-4)3-23-28(19,20)27-29(21,22)26-12-11(18)10(17)8(15)5(2-13)25-12/h4-18H,2-3H2,1H3,(H,19,20)(H,21,22)/t4?,5-,6?,7-,8+,9+,10+,11-,12-/m0/s1. The molecule has 2 rings (SSSR count). The maximum Gasteiger partial charge on any atom is 0.483 e. The average molecular weight is 470 g/mol. The van der Waals surface area contributed by atoms with E-state index in [1.54, 1.807) is 0 Å². The van der Waals surface area contributed by atoms with E-state index in [9.17, 15) is 44.4 Å². The first kappa shape index (κ1) is 25.2. The number of aliphatic hydroxyl groups is 6. The van der Waals surface area contributed by atoms with Gasteiger partial charge in [0.15, 0.2) is 6.29 Å². The van der Waals surface area contributed by atoms with Gasteiger partial charge in [-0.15, -0.1) is 0 Å². The molecular formula is C12H24O15P2. The van der Waals surface area contributed by atoms with Gasteiger partial charge in [0, 0.05) is 0 Å². The van der Waals surface area contributed by atoms with E-state index in [2.05, 4.69) is 13.4 Å². The predicted octanol–water partition coefficient (Wildman–Crippen LogP) is -3.45. The summed E-state index contributed by atoms with van der Waals surface area (Å²) in [5, 5.41) is 57.3. The fourth-order valence-electron chi connectivity index (χ4n) is 2.70. The van der Waals surface area contributed by atoms with Crippen molar-refractivity contribution in [3.8, 4) is 0 Å². The Hall–Kier alpha value is -0.0600. The molecule has 4 unspecified atom stereocenters. The van der Waals surface area contributed by atoms with E-state index in [0.29, 0.717) is 0 Å². The van der Waals surface area contributed by atoms with Crippen molar-refractivity contribution in [3.05, 3.63) is 0 Å². The molecule has 0 aromatic rings. The minimum absolute atomic E-state index is 0.795. The number of hydrogen-bond donors (Lipinski definition) is 8. The largest absolute Gasteiger partial charge is 0.483 e. The Morgan fingerprint density at radius 2 is 1.41 bits per heavy atom. The van der Waals surface area contributed by atoms with Gasteiger partial charge in [0.1, 0.15) is 42.7 Å². The fourth-order valence-corrected chi connectivity index (χ4v) is 4.86. The summed E-state index contributed by atoms with van der Waals surface area (Å²) in [6, 6.07) is 0. The molecule has 8 N–H and O–H groups in total. The highest BCUT2D eigenvalue weighted by molar-refractivity contribution is 7.61. The second-order valence-electron chi connectivity index (χ2n) is 6.48. The maximum absolute atomic E-state index is 12.0. The molecule has 2 fully saturated rings. The Balaban J connectivity index is 1.95. The Morgan fingerprint density at radius 1 is 0.828 bits per heavy atom. The van der Waals surface area contributed by atoms with Crippen molar-refractivity contribution in [1.82, 2.24) is 0 Å². The number of phosphoric ester groups is 2. The number of phosphoric acid groups is 2. The Labute approximate surface area is 164 Å². The lowest BCUT2D eigenvalue weighted by Gasteiger charge is -2.39. The molecule has 0 bridgehead atoms. The number of aliphatic hydroxyl groups excluding tert-OH is 6. The van der Waals surface area contributed by atoms with Gasteiger partial charge in [-0.05, 0) is 6.92 Å². The second-order valence-corrected chi connectivity index (χ2v) is 9.47. The normalized spacial score (nSPS) is 44.9. The van der Waals surface area contributed by atoms with Gasteiger partial charge in [-0.1, -0.05) is 0 Å². The number of rotatable bonds is 8. The van der Waals surface area contributed by atoms with E-state index < -0.39 is 84.0 Å². The molecule has 0 aromatic carbocycles. The topological polar surface area (TPSA) is 242 Å². The zero-order valence-corrected chi connectivity index (χ0v) is 16.7. The van der Waals surface area contributed by atoms with Crippen LogP contribution >= 0.6 is 15.6 Å². The van der Waals surface area contributed by atoms with Crippen LogP contribution in [0.1, 0.15) is 6.92 Å². The van der Waals surface area contributed by atoms with Gasteiger partial charge in [0.05, 0.1) is 19.3 Å². The zero-order chi connectivity index (χ0) is 22.1. The van der Waals surface area contributed by atoms with Gasteiger partial charge >= 0.3 is 15.6 Å². The van der Waals surface area contributed by atoms with E-state index in [-0.39, 0.29) is 0 Å². The molecule has 0 spiro atoms. The lowest BCUT2D eigenvalue weighted by Crippen LogP contribution is -2.58. The predicted molar refractivity (Wildman–Crippen MR) is 87.9 cm³/mol. The van der Waals surface area contributed by atoms with Crippen molar-refractivity contribution in [2.75, 3.05) is 13.2 Å². The highest BCUT2D eigenvalue weighted by atomic mass is 31.3. The molecule has 11 atom stereocenters. The van der Waals surface area contributed by atoms with Crippen LogP contribution in [-0.2, 0) is 32.0 Å². The quantitative estimate of drug-likeness (QED) is 0.161. The summed E-state index contributed by atoms with van der Waals surface area (Å²) < 4.78 is 46.7. The van der Waals surface area contributed by atoms with Gasteiger partial charge in [-0.3, -0.25) is 9.05 Å². The monoisotopic (exact) mass is 470 g/mol. The van der Waals surface area contributed by atoms with Gasteiger partial charge in [0.25, 0.3) is 0 Å². The van der Waals surface area contributed by atoms with E-state index in [4.69, 9.17) is 14.6 Å². The third-order valence-electron chi connectivity index (χ3n) is 4.30. The van der Waals surface area contributed by atoms with Gasteiger partial charge < -0.3 is 49.9 Å². The SMILES string of the molecule is CC1OC(COP(=O)(O)OP(=O)(O)O[C@@H]2O[C@@H](CO)[C@@H](O)[C@@H](O)[C@@H]2O)[C@@H](O)[C@H]1O. The van der Waals surface area contributed by atoms with Crippen LogP contribution in [0.15, 0.2) is 0 Å². The average Bonchev–Trinajstić information content (AvgIpc) is 2.86. The van der Waals surface area contributed by atoms with Crippen LogP contribution < -0.4 is 0 Å². The molecule has 2 aliphatic rings. The lowest BCUT2D eigenvalue weighted by atomic mass is 10.00. The minimum Gasteiger partial charge on any atom is -0.394 e. The Kier molecular flexibility index (Phi) is 8.35. The first-order valence-electron chi connectivity index (χ1n) is 8.30. The summed E-state index contributed by atoms with van der Waals surface area (Å²) in [6.45, 7) is -0.216. The van der Waals surface area contributed by atoms with Gasteiger partial charge in [0.2, 0.25) is 0 Å². The van der Waals surface area contributed by atoms with Crippen LogP contribution in [0, 0.1) is 0 Å². The highest BCUT2D eigenvalue weighted by Gasteiger charge is 2.49. The molecular weight excluding hydrogens is 446 g/mol. The van der Waals surface area contributed by atoms with Crippen LogP contribution in [0.2, 0.25) is 0 Å². The minimum atomic E-state index is -5.45. The third kappa shape index (κ3) is 6.23. The summed E-state index contributed by atoms with van der Waals surface area (Å²) in [6.07, 6.45) is -14.1. The zero-order valence-electron chi connectivity index (χ0n) is 14.9. The van der Waals surface area contributed by atoms with Crippen molar-refractivity contribution >= 4 is 15.6 Å². The van der Waals surface area contributed by atoms with E-state index in [0.717, 1.165) is 0 Å². The summed E-state index contributed by atoms with van der Waals surface area (Å²) in [7, 11) is -10.7. The maximum atomic E-state index is 12.0. The highest BCUT2D eigenvalue weighted by Crippen LogP contribution is 2.61. The first-order chi connectivity index (χ1) is 13.3. The Bertz CT molecular complexity index is 645. The summed E-state index contributed by atoms with van der Waals surface area (Å²) in [5.41, 5.74) is 0. The first-order valence-corrected chi connectivity index (χ1v) is 11.3. The number of ether oxygens (including phenoxy) is 2. The summed E-state index contributed by atoms with van der Waals surface area (Å²) >= 11 is 0. The third-order valence-corrected chi connectivity index (χ3v) is 6.90. The molecule has 2 saturated heterocycles. The van der Waals surface area contributed by atoms with Crippen molar-refractivity contribution in [3.63, 3.8) is 0 Å². The van der Waals surface area contributed by atoms with Crippen LogP contribution in [0.5, 0.6) is 0 Å². The van der Waals surface area contributed by atoms with Gasteiger partial charge in [-0.2, -0.15) is 4.31 Å². The van der Waals surface area contributed by atoms with E-state index >= 15 is 0 Å². The van der Waals surface area contributed by atoms with Crippen molar-refractivity contribution in [2.24, 2.45) is 0 Å². The molecule has 0 amide bonds. The Morgan fingerprint density at radius 3 is 1.93 bits per heavy atom. The molecule has 2 heterocycles. The molecule has 17 heteroatoms. The molecule has 0 aliphatic carbocycles. The molecule has 15 nitrogen and oxygen atoms in total. The molecule has 0 aromatic heterocycles. The fraction of sp³-hybridized carbons (Fsp3) is 1.00. The van der Waals surface area contributed by atoms with Crippen molar-refractivity contribution in [2.45, 2.75) is 62.0 Å². The van der Waals surface area contributed by atoms with Crippen LogP contribution in [-0.4, -0.2) is 109 Å². The second kappa shape index (κ2) is 9.61. The molecule has 172 valence electrons. The van der Waals surface area contributed by atoms with E-state index in [1.165, 1.54) is 6.92 Å². The summed E-state index contributed by atoms with van der Waals surface area (Å²) in [4.78, 5) is 19.2. The van der Waals surface area contributed by atoms with Crippen LogP contribution in [0.3, 0.4) is 0 Å². The van der Waals surface area contributed by atoms with Gasteiger partial charge in [-0.25, -0.2) is 9.13 Å². The molecule has 0 radical (unpaired) electrons. The smallest absolute Gasteiger partial charge is 0.394 e. The molecule has 0 saturated carbocycles. The molecule has 29 heavy (non-hydrogen) atoms. The molecule has 2 aliphatic heterocycles. The lowest BCUT2D eigenvalue weighted by molar-refractivity contribution is -0.280. The van der Waals surface area contributed by atoms with E-state index in [1.807, 2.05) is 0 Å².